The molecule has 0 aromatic heterocycles. The van der Waals surface area contributed by atoms with E-state index < -0.39 is 0 Å². The molecule has 0 spiro atoms. The lowest BCUT2D eigenvalue weighted by Gasteiger charge is -2.34. The Hall–Kier alpha value is -1.55. The molecular weight excluding hydrogens is 312 g/mol. The second kappa shape index (κ2) is 8.70. The van der Waals surface area contributed by atoms with E-state index >= 15 is 0 Å². The van der Waals surface area contributed by atoms with Gasteiger partial charge in [0.15, 0.2) is 0 Å². The molecule has 1 heterocycles. The Balaban J connectivity index is 1.71. The summed E-state index contributed by atoms with van der Waals surface area (Å²) in [6.07, 6.45) is 3.49. The molecule has 0 aliphatic carbocycles. The maximum atomic E-state index is 12.4. The van der Waals surface area contributed by atoms with Crippen molar-refractivity contribution in [2.45, 2.75) is 64.8 Å². The maximum absolute atomic E-state index is 12.4. The summed E-state index contributed by atoms with van der Waals surface area (Å²) in [4.78, 5) is 14.3. The molecule has 4 heteroatoms. The van der Waals surface area contributed by atoms with Crippen LogP contribution in [-0.2, 0) is 10.2 Å². The molecule has 1 aliphatic rings. The minimum Gasteiger partial charge on any atom is -0.494 e. The van der Waals surface area contributed by atoms with Gasteiger partial charge in [0, 0.05) is 25.6 Å². The van der Waals surface area contributed by atoms with Crippen LogP contribution in [0, 0.1) is 5.92 Å². The number of benzene rings is 1. The first-order valence-corrected chi connectivity index (χ1v) is 9.54. The van der Waals surface area contributed by atoms with Gasteiger partial charge in [-0.05, 0) is 55.2 Å². The predicted octanol–water partition coefficient (Wildman–Crippen LogP) is 3.73. The number of carbonyl (C=O) groups excluding carboxylic acids is 1. The number of hydrogen-bond donors (Lipinski definition) is 1. The normalized spacial score (nSPS) is 19.6. The Bertz CT molecular complexity index is 546. The van der Waals surface area contributed by atoms with Gasteiger partial charge >= 0.3 is 0 Å². The first-order valence-electron chi connectivity index (χ1n) is 9.54. The summed E-state index contributed by atoms with van der Waals surface area (Å²) in [6, 6.07) is 8.42. The number of nitrogens with two attached hydrogens (primary N) is 1. The number of rotatable bonds is 6. The van der Waals surface area contributed by atoms with Crippen molar-refractivity contribution in [1.29, 1.82) is 0 Å². The molecule has 1 saturated heterocycles. The van der Waals surface area contributed by atoms with Crippen LogP contribution in [0.25, 0.3) is 0 Å². The Morgan fingerprint density at radius 2 is 2.00 bits per heavy atom. The summed E-state index contributed by atoms with van der Waals surface area (Å²) in [6.45, 7) is 10.9. The third-order valence-corrected chi connectivity index (χ3v) is 5.08. The highest BCUT2D eigenvalue weighted by Gasteiger charge is 2.25. The molecule has 2 rings (SSSR count). The molecule has 1 amide bonds. The SMILES string of the molecule is CC(N)C1CCCN(C(=O)CCCOc2ccc(C(C)(C)C)cc2)C1. The molecule has 0 bridgehead atoms. The van der Waals surface area contributed by atoms with Gasteiger partial charge in [-0.3, -0.25) is 4.79 Å². The first kappa shape index (κ1) is 19.8. The van der Waals surface area contributed by atoms with Crippen LogP contribution in [-0.4, -0.2) is 36.5 Å². The molecule has 25 heavy (non-hydrogen) atoms. The Kier molecular flexibility index (Phi) is 6.88. The van der Waals surface area contributed by atoms with Crippen LogP contribution < -0.4 is 10.5 Å². The molecule has 2 unspecified atom stereocenters. The van der Waals surface area contributed by atoms with Gasteiger partial charge in [-0.1, -0.05) is 32.9 Å². The zero-order valence-electron chi connectivity index (χ0n) is 16.3. The molecule has 2 atom stereocenters. The van der Waals surface area contributed by atoms with Gasteiger partial charge < -0.3 is 15.4 Å². The van der Waals surface area contributed by atoms with Crippen molar-refractivity contribution in [2.75, 3.05) is 19.7 Å². The number of amides is 1. The van der Waals surface area contributed by atoms with Crippen LogP contribution in [0.3, 0.4) is 0 Å². The van der Waals surface area contributed by atoms with E-state index in [1.54, 1.807) is 0 Å². The fourth-order valence-corrected chi connectivity index (χ4v) is 3.29. The summed E-state index contributed by atoms with van der Waals surface area (Å²) in [5, 5.41) is 0. The van der Waals surface area contributed by atoms with Crippen LogP contribution in [0.15, 0.2) is 24.3 Å². The number of piperidine rings is 1. The van der Waals surface area contributed by atoms with Crippen molar-refractivity contribution in [2.24, 2.45) is 11.7 Å². The Morgan fingerprint density at radius 3 is 2.60 bits per heavy atom. The van der Waals surface area contributed by atoms with Crippen molar-refractivity contribution in [1.82, 2.24) is 4.90 Å². The standard InChI is InChI=1S/C21H34N2O2/c1-16(22)17-7-5-13-23(15-17)20(24)8-6-14-25-19-11-9-18(10-12-19)21(2,3)4/h9-12,16-17H,5-8,13-15,22H2,1-4H3. The minimum atomic E-state index is 0.151. The number of nitrogens with zero attached hydrogens (tertiary/aromatic N) is 1. The molecule has 1 aromatic carbocycles. The van der Waals surface area contributed by atoms with Crippen molar-refractivity contribution < 1.29 is 9.53 Å². The summed E-state index contributed by atoms with van der Waals surface area (Å²) >= 11 is 0. The van der Waals surface area contributed by atoms with E-state index in [-0.39, 0.29) is 17.4 Å². The van der Waals surface area contributed by atoms with E-state index in [2.05, 4.69) is 32.9 Å². The van der Waals surface area contributed by atoms with E-state index in [1.165, 1.54) is 5.56 Å². The van der Waals surface area contributed by atoms with Crippen molar-refractivity contribution in [3.63, 3.8) is 0 Å². The van der Waals surface area contributed by atoms with E-state index in [0.29, 0.717) is 18.9 Å². The lowest BCUT2D eigenvalue weighted by atomic mass is 9.87. The van der Waals surface area contributed by atoms with E-state index in [1.807, 2.05) is 24.0 Å². The topological polar surface area (TPSA) is 55.6 Å². The highest BCUT2D eigenvalue weighted by molar-refractivity contribution is 5.76. The molecule has 0 saturated carbocycles. The quantitative estimate of drug-likeness (QED) is 0.799. The molecule has 0 radical (unpaired) electrons. The number of ether oxygens (including phenoxy) is 1. The van der Waals surface area contributed by atoms with Gasteiger partial charge in [-0.15, -0.1) is 0 Å². The lowest BCUT2D eigenvalue weighted by molar-refractivity contribution is -0.133. The number of hydrogen-bond acceptors (Lipinski definition) is 3. The average Bonchev–Trinajstić information content (AvgIpc) is 2.58. The van der Waals surface area contributed by atoms with Crippen molar-refractivity contribution in [3.8, 4) is 5.75 Å². The van der Waals surface area contributed by atoms with Crippen LogP contribution in [0.1, 0.15) is 58.9 Å². The molecule has 2 N–H and O–H groups in total. The molecular formula is C21H34N2O2. The fraction of sp³-hybridized carbons (Fsp3) is 0.667. The van der Waals surface area contributed by atoms with Gasteiger partial charge in [0.2, 0.25) is 5.91 Å². The molecule has 1 aromatic rings. The summed E-state index contributed by atoms with van der Waals surface area (Å²) in [5.41, 5.74) is 7.44. The molecule has 1 fully saturated rings. The van der Waals surface area contributed by atoms with Crippen molar-refractivity contribution >= 4 is 5.91 Å². The zero-order valence-corrected chi connectivity index (χ0v) is 16.3. The van der Waals surface area contributed by atoms with Crippen LogP contribution in [0.5, 0.6) is 5.75 Å². The summed E-state index contributed by atoms with van der Waals surface area (Å²) < 4.78 is 5.78. The van der Waals surface area contributed by atoms with Crippen molar-refractivity contribution in [3.05, 3.63) is 29.8 Å². The summed E-state index contributed by atoms with van der Waals surface area (Å²) in [5.74, 6) is 1.54. The third kappa shape index (κ3) is 6.03. The first-order chi connectivity index (χ1) is 11.8. The van der Waals surface area contributed by atoms with Crippen LogP contribution in [0.2, 0.25) is 0 Å². The lowest BCUT2D eigenvalue weighted by Crippen LogP contribution is -2.45. The van der Waals surface area contributed by atoms with Crippen LogP contribution >= 0.6 is 0 Å². The van der Waals surface area contributed by atoms with E-state index in [4.69, 9.17) is 10.5 Å². The zero-order chi connectivity index (χ0) is 18.4. The number of likely N-dealkylation sites (tertiary alicyclic amines) is 1. The maximum Gasteiger partial charge on any atom is 0.222 e. The highest BCUT2D eigenvalue weighted by atomic mass is 16.5. The fourth-order valence-electron chi connectivity index (χ4n) is 3.29. The van der Waals surface area contributed by atoms with Gasteiger partial charge in [-0.2, -0.15) is 0 Å². The highest BCUT2D eigenvalue weighted by Crippen LogP contribution is 2.24. The van der Waals surface area contributed by atoms with Gasteiger partial charge in [0.25, 0.3) is 0 Å². The second-order valence-electron chi connectivity index (χ2n) is 8.33. The van der Waals surface area contributed by atoms with Gasteiger partial charge in [-0.25, -0.2) is 0 Å². The molecule has 140 valence electrons. The number of carbonyl (C=O) groups is 1. The second-order valence-corrected chi connectivity index (χ2v) is 8.33. The monoisotopic (exact) mass is 346 g/mol. The largest absolute Gasteiger partial charge is 0.494 e. The Labute approximate surface area is 152 Å². The molecule has 1 aliphatic heterocycles. The Morgan fingerprint density at radius 1 is 1.32 bits per heavy atom. The molecule has 4 nitrogen and oxygen atoms in total. The third-order valence-electron chi connectivity index (χ3n) is 5.08. The summed E-state index contributed by atoms with van der Waals surface area (Å²) in [7, 11) is 0. The van der Waals surface area contributed by atoms with E-state index in [9.17, 15) is 4.79 Å². The smallest absolute Gasteiger partial charge is 0.222 e. The van der Waals surface area contributed by atoms with Gasteiger partial charge in [0.05, 0.1) is 6.61 Å². The minimum absolute atomic E-state index is 0.151. The van der Waals surface area contributed by atoms with Gasteiger partial charge in [0.1, 0.15) is 5.75 Å². The predicted molar refractivity (Wildman–Crippen MR) is 103 cm³/mol. The van der Waals surface area contributed by atoms with E-state index in [0.717, 1.165) is 38.1 Å². The van der Waals surface area contributed by atoms with Crippen LogP contribution in [0.4, 0.5) is 0 Å². The average molecular weight is 347 g/mol.